The summed E-state index contributed by atoms with van der Waals surface area (Å²) in [5, 5.41) is 16.4. The zero-order valence-electron chi connectivity index (χ0n) is 9.39. The van der Waals surface area contributed by atoms with Crippen LogP contribution in [0.2, 0.25) is 0 Å². The van der Waals surface area contributed by atoms with E-state index in [2.05, 4.69) is 21.3 Å². The standard InChI is InChI=1S/C11H10N4OS/c1-7-13-11(15-14-7)17-10-5-9(16-2)4-3-8(10)6-12/h3-5H,1-2H3,(H,13,14,15). The molecule has 1 heterocycles. The summed E-state index contributed by atoms with van der Waals surface area (Å²) in [5.41, 5.74) is 0.582. The lowest BCUT2D eigenvalue weighted by Crippen LogP contribution is -1.87. The maximum atomic E-state index is 9.01. The van der Waals surface area contributed by atoms with Crippen molar-refractivity contribution >= 4 is 11.8 Å². The minimum Gasteiger partial charge on any atom is -0.497 e. The first-order chi connectivity index (χ1) is 8.22. The van der Waals surface area contributed by atoms with Crippen LogP contribution in [0.3, 0.4) is 0 Å². The van der Waals surface area contributed by atoms with Crippen LogP contribution in [0.1, 0.15) is 11.4 Å². The molecule has 2 rings (SSSR count). The molecule has 6 heteroatoms. The van der Waals surface area contributed by atoms with E-state index >= 15 is 0 Å². The Balaban J connectivity index is 2.33. The smallest absolute Gasteiger partial charge is 0.213 e. The van der Waals surface area contributed by atoms with Gasteiger partial charge in [0.2, 0.25) is 5.16 Å². The normalized spacial score (nSPS) is 9.94. The number of nitrogens with zero attached hydrogens (tertiary/aromatic N) is 3. The lowest BCUT2D eigenvalue weighted by atomic mass is 10.2. The minimum atomic E-state index is 0.582. The number of nitrogens with one attached hydrogen (secondary N) is 1. The molecule has 0 spiro atoms. The van der Waals surface area contributed by atoms with Gasteiger partial charge in [-0.25, -0.2) is 4.98 Å². The van der Waals surface area contributed by atoms with Crippen LogP contribution in [-0.2, 0) is 0 Å². The number of rotatable bonds is 3. The molecule has 1 aromatic carbocycles. The number of aryl methyl sites for hydroxylation is 1. The van der Waals surface area contributed by atoms with Crippen LogP contribution >= 0.6 is 11.8 Å². The van der Waals surface area contributed by atoms with E-state index in [9.17, 15) is 0 Å². The molecule has 0 aliphatic heterocycles. The Morgan fingerprint density at radius 1 is 1.47 bits per heavy atom. The molecule has 0 aliphatic carbocycles. The number of aromatic nitrogens is 3. The first-order valence-electron chi connectivity index (χ1n) is 4.88. The summed E-state index contributed by atoms with van der Waals surface area (Å²) < 4.78 is 5.13. The van der Waals surface area contributed by atoms with Gasteiger partial charge in [0.25, 0.3) is 0 Å². The molecule has 1 aromatic heterocycles. The van der Waals surface area contributed by atoms with Crippen molar-refractivity contribution < 1.29 is 4.74 Å². The quantitative estimate of drug-likeness (QED) is 0.898. The number of aromatic amines is 1. The second-order valence-corrected chi connectivity index (χ2v) is 4.29. The van der Waals surface area contributed by atoms with Crippen LogP contribution in [0.25, 0.3) is 0 Å². The summed E-state index contributed by atoms with van der Waals surface area (Å²) in [7, 11) is 1.59. The van der Waals surface area contributed by atoms with Gasteiger partial charge in [-0.05, 0) is 36.9 Å². The lowest BCUT2D eigenvalue weighted by molar-refractivity contribution is 0.413. The molecule has 1 N–H and O–H groups in total. The van der Waals surface area contributed by atoms with Gasteiger partial charge < -0.3 is 4.74 Å². The Labute approximate surface area is 103 Å². The zero-order valence-corrected chi connectivity index (χ0v) is 10.2. The van der Waals surface area contributed by atoms with Crippen LogP contribution in [0.15, 0.2) is 28.3 Å². The summed E-state index contributed by atoms with van der Waals surface area (Å²) in [6.45, 7) is 1.83. The van der Waals surface area contributed by atoms with Crippen LogP contribution in [0.4, 0.5) is 0 Å². The lowest BCUT2D eigenvalue weighted by Gasteiger charge is -2.04. The summed E-state index contributed by atoms with van der Waals surface area (Å²) in [4.78, 5) is 4.97. The van der Waals surface area contributed by atoms with Crippen molar-refractivity contribution in [3.63, 3.8) is 0 Å². The van der Waals surface area contributed by atoms with Crippen LogP contribution in [-0.4, -0.2) is 22.3 Å². The number of H-pyrrole nitrogens is 1. The molecule has 0 saturated heterocycles. The number of ether oxygens (including phenoxy) is 1. The third-order valence-electron chi connectivity index (χ3n) is 2.09. The average Bonchev–Trinajstić information content (AvgIpc) is 2.74. The van der Waals surface area contributed by atoms with Gasteiger partial charge in [-0.15, -0.1) is 5.10 Å². The topological polar surface area (TPSA) is 74.6 Å². The van der Waals surface area contributed by atoms with E-state index in [1.807, 2.05) is 6.92 Å². The van der Waals surface area contributed by atoms with Gasteiger partial charge >= 0.3 is 0 Å². The molecule has 5 nitrogen and oxygen atoms in total. The molecule has 86 valence electrons. The molecular formula is C11H10N4OS. The van der Waals surface area contributed by atoms with Crippen molar-refractivity contribution in [3.8, 4) is 11.8 Å². The maximum Gasteiger partial charge on any atom is 0.213 e. The fraction of sp³-hybridized carbons (Fsp3) is 0.182. The molecule has 0 unspecified atom stereocenters. The number of hydrogen-bond acceptors (Lipinski definition) is 5. The van der Waals surface area contributed by atoms with Crippen molar-refractivity contribution in [1.82, 2.24) is 15.2 Å². The van der Waals surface area contributed by atoms with Gasteiger partial charge in [0.05, 0.1) is 12.7 Å². The van der Waals surface area contributed by atoms with Gasteiger partial charge in [-0.1, -0.05) is 0 Å². The molecule has 0 saturated carbocycles. The average molecular weight is 246 g/mol. The largest absolute Gasteiger partial charge is 0.497 e. The minimum absolute atomic E-state index is 0.582. The Morgan fingerprint density at radius 2 is 2.29 bits per heavy atom. The summed E-state index contributed by atoms with van der Waals surface area (Å²) >= 11 is 1.33. The molecule has 2 aromatic rings. The van der Waals surface area contributed by atoms with Gasteiger partial charge in [-0.2, -0.15) is 5.26 Å². The molecule has 0 amide bonds. The fourth-order valence-electron chi connectivity index (χ4n) is 1.27. The summed E-state index contributed by atoms with van der Waals surface area (Å²) in [6, 6.07) is 7.41. The fourth-order valence-corrected chi connectivity index (χ4v) is 2.14. The number of nitriles is 1. The highest BCUT2D eigenvalue weighted by Gasteiger charge is 2.09. The second-order valence-electron chi connectivity index (χ2n) is 3.28. The van der Waals surface area contributed by atoms with E-state index in [4.69, 9.17) is 10.00 Å². The molecule has 17 heavy (non-hydrogen) atoms. The first-order valence-corrected chi connectivity index (χ1v) is 5.69. The summed E-state index contributed by atoms with van der Waals surface area (Å²) in [5.74, 6) is 1.45. The molecular weight excluding hydrogens is 236 g/mol. The highest BCUT2D eigenvalue weighted by molar-refractivity contribution is 7.99. The Kier molecular flexibility index (Phi) is 3.30. The monoisotopic (exact) mass is 246 g/mol. The van der Waals surface area contributed by atoms with Crippen molar-refractivity contribution in [1.29, 1.82) is 5.26 Å². The van der Waals surface area contributed by atoms with Crippen LogP contribution < -0.4 is 4.74 Å². The highest BCUT2D eigenvalue weighted by Crippen LogP contribution is 2.30. The molecule has 0 radical (unpaired) electrons. The predicted molar refractivity (Wildman–Crippen MR) is 63.0 cm³/mol. The zero-order chi connectivity index (χ0) is 12.3. The number of benzene rings is 1. The number of methoxy groups -OCH3 is 1. The van der Waals surface area contributed by atoms with Gasteiger partial charge in [0.1, 0.15) is 17.6 Å². The van der Waals surface area contributed by atoms with E-state index in [0.717, 1.165) is 10.7 Å². The summed E-state index contributed by atoms with van der Waals surface area (Å²) in [6.07, 6.45) is 0. The van der Waals surface area contributed by atoms with E-state index in [1.54, 1.807) is 25.3 Å². The Morgan fingerprint density at radius 3 is 2.88 bits per heavy atom. The molecule has 0 fully saturated rings. The molecule has 0 aliphatic rings. The van der Waals surface area contributed by atoms with Crippen molar-refractivity contribution in [2.45, 2.75) is 17.0 Å². The van der Waals surface area contributed by atoms with E-state index in [0.29, 0.717) is 16.5 Å². The second kappa shape index (κ2) is 4.89. The predicted octanol–water partition coefficient (Wildman–Crippen LogP) is 2.14. The van der Waals surface area contributed by atoms with Crippen molar-refractivity contribution in [2.24, 2.45) is 0 Å². The van der Waals surface area contributed by atoms with Crippen LogP contribution in [0.5, 0.6) is 5.75 Å². The van der Waals surface area contributed by atoms with E-state index in [-0.39, 0.29) is 0 Å². The van der Waals surface area contributed by atoms with E-state index in [1.165, 1.54) is 11.8 Å². The first kappa shape index (κ1) is 11.5. The van der Waals surface area contributed by atoms with E-state index < -0.39 is 0 Å². The Bertz CT molecular complexity index is 573. The highest BCUT2D eigenvalue weighted by atomic mass is 32.2. The molecule has 0 bridgehead atoms. The van der Waals surface area contributed by atoms with Gasteiger partial charge in [0, 0.05) is 4.90 Å². The SMILES string of the molecule is COc1ccc(C#N)c(Sc2n[nH]c(C)n2)c1. The van der Waals surface area contributed by atoms with Gasteiger partial charge in [0.15, 0.2) is 0 Å². The van der Waals surface area contributed by atoms with Crippen molar-refractivity contribution in [3.05, 3.63) is 29.6 Å². The third-order valence-corrected chi connectivity index (χ3v) is 3.01. The van der Waals surface area contributed by atoms with Gasteiger partial charge in [-0.3, -0.25) is 5.10 Å². The van der Waals surface area contributed by atoms with Crippen molar-refractivity contribution in [2.75, 3.05) is 7.11 Å². The third kappa shape index (κ3) is 2.57. The van der Waals surface area contributed by atoms with Crippen LogP contribution in [0, 0.1) is 18.3 Å². The Hall–Kier alpha value is -2.00. The maximum absolute atomic E-state index is 9.01. The molecule has 0 atom stereocenters. The number of hydrogen-bond donors (Lipinski definition) is 1.